The number of amides is 1. The molecule has 1 aliphatic heterocycles. The van der Waals surface area contributed by atoms with Crippen LogP contribution in [0.5, 0.6) is 0 Å². The van der Waals surface area contributed by atoms with Crippen molar-refractivity contribution in [2.24, 2.45) is 0 Å². The molecule has 5 nitrogen and oxygen atoms in total. The van der Waals surface area contributed by atoms with Crippen LogP contribution in [0.4, 0.5) is 0 Å². The Labute approximate surface area is 154 Å². The normalized spacial score (nSPS) is 15.6. The number of para-hydroxylation sites is 1. The molecule has 0 N–H and O–H groups in total. The lowest BCUT2D eigenvalue weighted by Crippen LogP contribution is -2.48. The molecule has 0 bridgehead atoms. The first-order valence-corrected chi connectivity index (χ1v) is 9.36. The van der Waals surface area contributed by atoms with Crippen molar-refractivity contribution in [3.05, 3.63) is 58.3 Å². The number of hydrogen-bond donors (Lipinski definition) is 0. The van der Waals surface area contributed by atoms with Crippen LogP contribution in [-0.2, 0) is 6.54 Å². The summed E-state index contributed by atoms with van der Waals surface area (Å²) < 4.78 is 1.22. The Morgan fingerprint density at radius 1 is 1.16 bits per heavy atom. The van der Waals surface area contributed by atoms with E-state index in [1.54, 1.807) is 29.7 Å². The zero-order valence-corrected chi connectivity index (χ0v) is 15.1. The topological polar surface area (TPSA) is 49.3 Å². The van der Waals surface area contributed by atoms with Gasteiger partial charge in [-0.3, -0.25) is 9.69 Å². The Bertz CT molecular complexity index is 872. The van der Waals surface area contributed by atoms with Crippen LogP contribution in [0.25, 0.3) is 10.2 Å². The minimum absolute atomic E-state index is 0.0175. The van der Waals surface area contributed by atoms with Gasteiger partial charge < -0.3 is 4.90 Å². The number of hydrogen-bond acceptors (Lipinski definition) is 5. The fourth-order valence-electron chi connectivity index (χ4n) is 3.01. The van der Waals surface area contributed by atoms with Crippen LogP contribution in [0.1, 0.15) is 15.4 Å². The van der Waals surface area contributed by atoms with Crippen LogP contribution in [0, 0.1) is 0 Å². The van der Waals surface area contributed by atoms with Crippen LogP contribution in [0.15, 0.2) is 42.6 Å². The van der Waals surface area contributed by atoms with Gasteiger partial charge in [0.05, 0.1) is 16.8 Å². The third-order valence-corrected chi connectivity index (χ3v) is 5.56. The Hall–Kier alpha value is -2.02. The predicted molar refractivity (Wildman–Crippen MR) is 100 cm³/mol. The third-order valence-electron chi connectivity index (χ3n) is 4.33. The Morgan fingerprint density at radius 3 is 2.72 bits per heavy atom. The molecule has 0 unspecified atom stereocenters. The predicted octanol–water partition coefficient (Wildman–Crippen LogP) is 3.30. The van der Waals surface area contributed by atoms with Crippen molar-refractivity contribution in [3.8, 4) is 0 Å². The molecule has 0 spiro atoms. The number of rotatable bonds is 3. The molecular formula is C18H17ClN4OS. The van der Waals surface area contributed by atoms with Gasteiger partial charge in [0.2, 0.25) is 0 Å². The fourth-order valence-corrected chi connectivity index (χ4v) is 4.19. The van der Waals surface area contributed by atoms with E-state index in [9.17, 15) is 4.79 Å². The molecule has 2 aromatic heterocycles. The van der Waals surface area contributed by atoms with Gasteiger partial charge in [-0.05, 0) is 24.3 Å². The maximum absolute atomic E-state index is 12.5. The lowest BCUT2D eigenvalue weighted by Gasteiger charge is -2.34. The summed E-state index contributed by atoms with van der Waals surface area (Å²) in [7, 11) is 0. The largest absolute Gasteiger partial charge is 0.336 e. The van der Waals surface area contributed by atoms with Crippen molar-refractivity contribution in [1.82, 2.24) is 19.8 Å². The second-order valence-electron chi connectivity index (χ2n) is 6.01. The molecule has 1 aromatic carbocycles. The Balaban J connectivity index is 1.37. The molecule has 1 saturated heterocycles. The van der Waals surface area contributed by atoms with Crippen LogP contribution in [0.2, 0.25) is 5.15 Å². The van der Waals surface area contributed by atoms with Crippen molar-refractivity contribution in [3.63, 3.8) is 0 Å². The lowest BCUT2D eigenvalue weighted by atomic mass is 10.2. The summed E-state index contributed by atoms with van der Waals surface area (Å²) in [5.74, 6) is 0.0175. The van der Waals surface area contributed by atoms with Gasteiger partial charge in [0.1, 0.15) is 10.2 Å². The highest BCUT2D eigenvalue weighted by Crippen LogP contribution is 2.23. The molecule has 4 rings (SSSR count). The van der Waals surface area contributed by atoms with E-state index in [-0.39, 0.29) is 5.91 Å². The molecule has 0 radical (unpaired) electrons. The molecule has 0 atom stereocenters. The van der Waals surface area contributed by atoms with E-state index in [4.69, 9.17) is 16.6 Å². The maximum atomic E-state index is 12.5. The first-order chi connectivity index (χ1) is 12.2. The number of benzene rings is 1. The minimum atomic E-state index is 0.0175. The molecule has 7 heteroatoms. The highest BCUT2D eigenvalue weighted by atomic mass is 35.5. The highest BCUT2D eigenvalue weighted by molar-refractivity contribution is 7.18. The smallest absolute Gasteiger partial charge is 0.254 e. The van der Waals surface area contributed by atoms with Gasteiger partial charge in [-0.1, -0.05) is 23.7 Å². The van der Waals surface area contributed by atoms with Crippen LogP contribution >= 0.6 is 22.9 Å². The van der Waals surface area contributed by atoms with Crippen molar-refractivity contribution in [2.45, 2.75) is 6.54 Å². The maximum Gasteiger partial charge on any atom is 0.254 e. The van der Waals surface area contributed by atoms with E-state index in [2.05, 4.69) is 16.0 Å². The number of carbonyl (C=O) groups excluding carboxylic acids is 1. The Morgan fingerprint density at radius 2 is 1.96 bits per heavy atom. The quantitative estimate of drug-likeness (QED) is 0.662. The first-order valence-electron chi connectivity index (χ1n) is 8.17. The van der Waals surface area contributed by atoms with Gasteiger partial charge in [-0.2, -0.15) is 0 Å². The van der Waals surface area contributed by atoms with Gasteiger partial charge in [-0.15, -0.1) is 11.3 Å². The van der Waals surface area contributed by atoms with E-state index in [0.29, 0.717) is 23.8 Å². The van der Waals surface area contributed by atoms with E-state index >= 15 is 0 Å². The highest BCUT2D eigenvalue weighted by Gasteiger charge is 2.23. The van der Waals surface area contributed by atoms with Gasteiger partial charge in [0.15, 0.2) is 0 Å². The SMILES string of the molecule is O=C(c1ccnc(Cl)c1)N1CCN(Cc2nc3ccccc3s2)CC1. The molecular weight excluding hydrogens is 356 g/mol. The van der Waals surface area contributed by atoms with E-state index in [1.165, 1.54) is 4.70 Å². The molecule has 128 valence electrons. The molecule has 3 heterocycles. The number of fused-ring (bicyclic) bond motifs is 1. The average molecular weight is 373 g/mol. The summed E-state index contributed by atoms with van der Waals surface area (Å²) in [6.07, 6.45) is 1.57. The number of aromatic nitrogens is 2. The summed E-state index contributed by atoms with van der Waals surface area (Å²) >= 11 is 7.62. The average Bonchev–Trinajstić information content (AvgIpc) is 3.04. The number of thiazole rings is 1. The number of halogens is 1. The van der Waals surface area contributed by atoms with Crippen LogP contribution in [0.3, 0.4) is 0 Å². The zero-order chi connectivity index (χ0) is 17.2. The minimum Gasteiger partial charge on any atom is -0.336 e. The van der Waals surface area contributed by atoms with Gasteiger partial charge in [0, 0.05) is 37.9 Å². The van der Waals surface area contributed by atoms with Gasteiger partial charge in [0.25, 0.3) is 5.91 Å². The van der Waals surface area contributed by atoms with Crippen molar-refractivity contribution >= 4 is 39.1 Å². The van der Waals surface area contributed by atoms with E-state index in [1.807, 2.05) is 23.1 Å². The second-order valence-corrected chi connectivity index (χ2v) is 7.51. The monoisotopic (exact) mass is 372 g/mol. The molecule has 0 aliphatic carbocycles. The summed E-state index contributed by atoms with van der Waals surface area (Å²) in [6.45, 7) is 3.96. The summed E-state index contributed by atoms with van der Waals surface area (Å²) in [5, 5.41) is 1.47. The summed E-state index contributed by atoms with van der Waals surface area (Å²) in [5.41, 5.74) is 1.66. The Kier molecular flexibility index (Phi) is 4.65. The molecule has 25 heavy (non-hydrogen) atoms. The van der Waals surface area contributed by atoms with Crippen molar-refractivity contribution in [2.75, 3.05) is 26.2 Å². The number of carbonyl (C=O) groups is 1. The zero-order valence-electron chi connectivity index (χ0n) is 13.6. The van der Waals surface area contributed by atoms with Crippen molar-refractivity contribution in [1.29, 1.82) is 0 Å². The van der Waals surface area contributed by atoms with Crippen molar-refractivity contribution < 1.29 is 4.79 Å². The van der Waals surface area contributed by atoms with Gasteiger partial charge in [-0.25, -0.2) is 9.97 Å². The molecule has 0 saturated carbocycles. The van der Waals surface area contributed by atoms with E-state index in [0.717, 1.165) is 30.2 Å². The standard InChI is InChI=1S/C18H17ClN4OS/c19-16-11-13(5-6-20-16)18(24)23-9-7-22(8-10-23)12-17-21-14-3-1-2-4-15(14)25-17/h1-6,11H,7-10,12H2. The molecule has 1 fully saturated rings. The van der Waals surface area contributed by atoms with E-state index < -0.39 is 0 Å². The summed E-state index contributed by atoms with van der Waals surface area (Å²) in [4.78, 5) is 25.4. The fraction of sp³-hybridized carbons (Fsp3) is 0.278. The number of pyridine rings is 1. The summed E-state index contributed by atoms with van der Waals surface area (Å²) in [6, 6.07) is 11.5. The number of nitrogens with zero attached hydrogens (tertiary/aromatic N) is 4. The molecule has 1 amide bonds. The first kappa shape index (κ1) is 16.4. The molecule has 1 aliphatic rings. The second kappa shape index (κ2) is 7.07. The lowest BCUT2D eigenvalue weighted by molar-refractivity contribution is 0.0628. The number of piperazine rings is 1. The van der Waals surface area contributed by atoms with Gasteiger partial charge >= 0.3 is 0 Å². The van der Waals surface area contributed by atoms with Crippen LogP contribution in [-0.4, -0.2) is 51.9 Å². The third kappa shape index (κ3) is 3.66. The van der Waals surface area contributed by atoms with Crippen LogP contribution < -0.4 is 0 Å². The molecule has 3 aromatic rings.